The van der Waals surface area contributed by atoms with Gasteiger partial charge in [-0.15, -0.1) is 0 Å². The molecule has 1 aromatic rings. The number of carbonyl (C=O) groups is 2. The Balaban J connectivity index is 1.82. The van der Waals surface area contributed by atoms with Gasteiger partial charge in [0.15, 0.2) is 15.9 Å². The molecule has 0 aromatic heterocycles. The Morgan fingerprint density at radius 3 is 2.41 bits per heavy atom. The second-order valence-corrected chi connectivity index (χ2v) is 7.06. The van der Waals surface area contributed by atoms with Crippen LogP contribution in [0.1, 0.15) is 12.8 Å². The molecule has 1 aromatic carbocycles. The van der Waals surface area contributed by atoms with E-state index in [2.05, 4.69) is 5.32 Å². The molecule has 8 heteroatoms. The van der Waals surface area contributed by atoms with Crippen LogP contribution in [0.15, 0.2) is 35.2 Å². The maximum Gasteiger partial charge on any atom is 0.332 e. The summed E-state index contributed by atoms with van der Waals surface area (Å²) in [6, 6.07) is 7.97. The summed E-state index contributed by atoms with van der Waals surface area (Å²) in [7, 11) is -3.45. The number of carboxylic acids is 1. The Hall–Kier alpha value is -1.93. The van der Waals surface area contributed by atoms with Crippen LogP contribution in [0.4, 0.5) is 0 Å². The summed E-state index contributed by atoms with van der Waals surface area (Å²) < 4.78 is 29.1. The normalized spacial score (nSPS) is 21.5. The largest absolute Gasteiger partial charge is 0.479 e. The molecule has 1 saturated heterocycles. The van der Waals surface area contributed by atoms with Gasteiger partial charge in [0.05, 0.1) is 10.6 Å². The summed E-state index contributed by atoms with van der Waals surface area (Å²) in [5.74, 6) is -1.80. The second-order valence-electron chi connectivity index (χ2n) is 4.95. The van der Waals surface area contributed by atoms with E-state index in [9.17, 15) is 18.0 Å². The number of nitrogens with one attached hydrogen (secondary N) is 1. The minimum Gasteiger partial charge on any atom is -0.479 e. The van der Waals surface area contributed by atoms with E-state index in [1.807, 2.05) is 0 Å². The van der Waals surface area contributed by atoms with Gasteiger partial charge in [-0.3, -0.25) is 4.79 Å². The Morgan fingerprint density at radius 1 is 1.18 bits per heavy atom. The summed E-state index contributed by atoms with van der Waals surface area (Å²) in [5.41, 5.74) is 0. The van der Waals surface area contributed by atoms with Crippen LogP contribution in [0.25, 0.3) is 0 Å². The van der Waals surface area contributed by atoms with E-state index < -0.39 is 33.9 Å². The first-order valence-electron chi connectivity index (χ1n) is 6.84. The smallest absolute Gasteiger partial charge is 0.332 e. The molecule has 1 aliphatic rings. The number of carboxylic acid groups (broad SMARTS) is 1. The van der Waals surface area contributed by atoms with E-state index >= 15 is 0 Å². The molecule has 1 amide bonds. The van der Waals surface area contributed by atoms with Crippen molar-refractivity contribution in [3.8, 4) is 0 Å². The highest BCUT2D eigenvalue weighted by Crippen LogP contribution is 2.19. The zero-order chi connectivity index (χ0) is 16.2. The summed E-state index contributed by atoms with van der Waals surface area (Å²) in [6.07, 6.45) is -1.21. The highest BCUT2D eigenvalue weighted by Gasteiger charge is 2.34. The van der Waals surface area contributed by atoms with Crippen molar-refractivity contribution in [1.82, 2.24) is 5.32 Å². The van der Waals surface area contributed by atoms with Crippen molar-refractivity contribution in [2.75, 3.05) is 12.3 Å². The minimum absolute atomic E-state index is 0.0480. The Morgan fingerprint density at radius 2 is 1.82 bits per heavy atom. The lowest BCUT2D eigenvalue weighted by Crippen LogP contribution is -2.38. The molecule has 2 N–H and O–H groups in total. The molecular weight excluding hydrogens is 310 g/mol. The molecule has 0 radical (unpaired) electrons. The Labute approximate surface area is 128 Å². The number of ether oxygens (including phenoxy) is 1. The predicted octanol–water partition coefficient (Wildman–Crippen LogP) is 0.209. The summed E-state index contributed by atoms with van der Waals surface area (Å²) in [5, 5.41) is 11.3. The summed E-state index contributed by atoms with van der Waals surface area (Å²) >= 11 is 0. The van der Waals surface area contributed by atoms with Gasteiger partial charge in [0.1, 0.15) is 6.10 Å². The number of rotatable bonds is 6. The van der Waals surface area contributed by atoms with Crippen LogP contribution in [-0.4, -0.2) is 49.9 Å². The fourth-order valence-electron chi connectivity index (χ4n) is 2.18. The van der Waals surface area contributed by atoms with Crippen LogP contribution in [0.2, 0.25) is 0 Å². The molecule has 7 nitrogen and oxygen atoms in total. The van der Waals surface area contributed by atoms with E-state index in [4.69, 9.17) is 9.84 Å². The summed E-state index contributed by atoms with van der Waals surface area (Å²) in [6.45, 7) is -0.0480. The van der Waals surface area contributed by atoms with Gasteiger partial charge >= 0.3 is 5.97 Å². The topological polar surface area (TPSA) is 110 Å². The van der Waals surface area contributed by atoms with Crippen LogP contribution in [0.5, 0.6) is 0 Å². The molecule has 1 fully saturated rings. The Kier molecular flexibility index (Phi) is 5.15. The van der Waals surface area contributed by atoms with E-state index in [0.717, 1.165) is 0 Å². The zero-order valence-corrected chi connectivity index (χ0v) is 12.6. The molecule has 0 saturated carbocycles. The molecule has 1 aliphatic heterocycles. The molecule has 0 unspecified atom stereocenters. The van der Waals surface area contributed by atoms with Crippen molar-refractivity contribution in [2.24, 2.45) is 0 Å². The number of benzene rings is 1. The molecule has 2 rings (SSSR count). The van der Waals surface area contributed by atoms with E-state index in [0.29, 0.717) is 6.42 Å². The number of amides is 1. The fourth-order valence-corrected chi connectivity index (χ4v) is 3.36. The highest BCUT2D eigenvalue weighted by molar-refractivity contribution is 7.91. The first-order chi connectivity index (χ1) is 10.4. The van der Waals surface area contributed by atoms with E-state index in [1.54, 1.807) is 18.2 Å². The standard InChI is InChI=1S/C14H17NO6S/c16-13(11-6-7-12(21-11)14(17)18)15-8-9-22(19,20)10-4-2-1-3-5-10/h1-5,11-12H,6-9H2,(H,15,16)(H,17,18)/t11-,12+/m0/s1. The quantitative estimate of drug-likeness (QED) is 0.773. The van der Waals surface area contributed by atoms with Crippen LogP contribution in [0, 0.1) is 0 Å². The number of carbonyl (C=O) groups excluding carboxylic acids is 1. The molecule has 0 bridgehead atoms. The van der Waals surface area contributed by atoms with Gasteiger partial charge in [-0.2, -0.15) is 0 Å². The van der Waals surface area contributed by atoms with Crippen molar-refractivity contribution < 1.29 is 27.9 Å². The van der Waals surface area contributed by atoms with E-state index in [-0.39, 0.29) is 23.6 Å². The Bertz CT molecular complexity index is 643. The SMILES string of the molecule is O=C(NCCS(=O)(=O)c1ccccc1)[C@@H]1CC[C@H](C(=O)O)O1. The third-order valence-corrected chi connectivity index (χ3v) is 5.09. The molecular formula is C14H17NO6S. The van der Waals surface area contributed by atoms with Crippen molar-refractivity contribution in [1.29, 1.82) is 0 Å². The predicted molar refractivity (Wildman–Crippen MR) is 77.0 cm³/mol. The number of hydrogen-bond donors (Lipinski definition) is 2. The lowest BCUT2D eigenvalue weighted by molar-refractivity contribution is -0.151. The van der Waals surface area contributed by atoms with Gasteiger partial charge < -0.3 is 15.2 Å². The monoisotopic (exact) mass is 327 g/mol. The van der Waals surface area contributed by atoms with Gasteiger partial charge in [-0.1, -0.05) is 18.2 Å². The lowest BCUT2D eigenvalue weighted by atomic mass is 10.2. The third-order valence-electron chi connectivity index (χ3n) is 3.36. The average Bonchev–Trinajstić information content (AvgIpc) is 2.98. The van der Waals surface area contributed by atoms with Crippen molar-refractivity contribution in [2.45, 2.75) is 29.9 Å². The van der Waals surface area contributed by atoms with Crippen LogP contribution in [-0.2, 0) is 24.2 Å². The maximum absolute atomic E-state index is 12.0. The van der Waals surface area contributed by atoms with Crippen molar-refractivity contribution in [3.63, 3.8) is 0 Å². The van der Waals surface area contributed by atoms with Gasteiger partial charge in [-0.05, 0) is 25.0 Å². The maximum atomic E-state index is 12.0. The van der Waals surface area contributed by atoms with Gasteiger partial charge in [0.25, 0.3) is 0 Å². The first kappa shape index (κ1) is 16.4. The second kappa shape index (κ2) is 6.89. The lowest BCUT2D eigenvalue weighted by Gasteiger charge is -2.12. The van der Waals surface area contributed by atoms with Crippen molar-refractivity contribution in [3.05, 3.63) is 30.3 Å². The zero-order valence-electron chi connectivity index (χ0n) is 11.8. The van der Waals surface area contributed by atoms with Crippen molar-refractivity contribution >= 4 is 21.7 Å². The number of hydrogen-bond acceptors (Lipinski definition) is 5. The molecule has 120 valence electrons. The van der Waals surface area contributed by atoms with Gasteiger partial charge in [0.2, 0.25) is 5.91 Å². The third kappa shape index (κ3) is 4.05. The van der Waals surface area contributed by atoms with Gasteiger partial charge in [0, 0.05) is 6.54 Å². The number of sulfone groups is 1. The molecule has 0 spiro atoms. The number of aliphatic carboxylic acids is 1. The molecule has 1 heterocycles. The van der Waals surface area contributed by atoms with Crippen LogP contribution >= 0.6 is 0 Å². The van der Waals surface area contributed by atoms with Crippen LogP contribution in [0.3, 0.4) is 0 Å². The average molecular weight is 327 g/mol. The fraction of sp³-hybridized carbons (Fsp3) is 0.429. The first-order valence-corrected chi connectivity index (χ1v) is 8.49. The molecule has 0 aliphatic carbocycles. The van der Waals surface area contributed by atoms with E-state index in [1.165, 1.54) is 12.1 Å². The molecule has 22 heavy (non-hydrogen) atoms. The van der Waals surface area contributed by atoms with Crippen LogP contribution < -0.4 is 5.32 Å². The van der Waals surface area contributed by atoms with Gasteiger partial charge in [-0.25, -0.2) is 13.2 Å². The minimum atomic E-state index is -3.45. The molecule has 2 atom stereocenters. The summed E-state index contributed by atoms with van der Waals surface area (Å²) in [4.78, 5) is 22.7. The highest BCUT2D eigenvalue weighted by atomic mass is 32.2.